The summed E-state index contributed by atoms with van der Waals surface area (Å²) >= 11 is 0. The molecular weight excluding hydrogens is 438 g/mol. The Morgan fingerprint density at radius 1 is 1.09 bits per heavy atom. The van der Waals surface area contributed by atoms with Gasteiger partial charge < -0.3 is 19.4 Å². The number of methoxy groups -OCH3 is 1. The zero-order valence-corrected chi connectivity index (χ0v) is 20.3. The molecule has 1 fully saturated rings. The smallest absolute Gasteiger partial charge is 0.246 e. The van der Waals surface area contributed by atoms with Crippen LogP contribution < -0.4 is 14.5 Å². The second-order valence-corrected chi connectivity index (χ2v) is 9.03. The molecule has 0 spiro atoms. The van der Waals surface area contributed by atoms with Gasteiger partial charge in [0.15, 0.2) is 0 Å². The summed E-state index contributed by atoms with van der Waals surface area (Å²) in [6, 6.07) is 15.1. The van der Waals surface area contributed by atoms with Crippen LogP contribution in [0.25, 0.3) is 10.8 Å². The summed E-state index contributed by atoms with van der Waals surface area (Å²) in [5.74, 6) is 1.19. The first-order valence-corrected chi connectivity index (χ1v) is 11.9. The van der Waals surface area contributed by atoms with Crippen molar-refractivity contribution in [1.82, 2.24) is 9.88 Å². The SMILES string of the molecule is C=CC(=O)N1CCN(c2nc(OC)c(C#N)c3c2CCN(c2cccc4cccc(C)c24)C3)CC1. The van der Waals surface area contributed by atoms with Crippen LogP contribution in [0, 0.1) is 18.3 Å². The van der Waals surface area contributed by atoms with E-state index in [2.05, 4.69) is 65.8 Å². The first-order valence-electron chi connectivity index (χ1n) is 11.9. The molecule has 0 radical (unpaired) electrons. The lowest BCUT2D eigenvalue weighted by atomic mass is 9.94. The van der Waals surface area contributed by atoms with Gasteiger partial charge in [0, 0.05) is 61.5 Å². The molecule has 178 valence electrons. The zero-order valence-electron chi connectivity index (χ0n) is 20.3. The molecule has 0 bridgehead atoms. The molecule has 2 aliphatic rings. The van der Waals surface area contributed by atoms with E-state index in [0.29, 0.717) is 44.2 Å². The second-order valence-electron chi connectivity index (χ2n) is 9.03. The Morgan fingerprint density at radius 2 is 1.83 bits per heavy atom. The molecule has 7 nitrogen and oxygen atoms in total. The van der Waals surface area contributed by atoms with Gasteiger partial charge in [-0.3, -0.25) is 4.79 Å². The van der Waals surface area contributed by atoms with E-state index >= 15 is 0 Å². The Labute approximate surface area is 205 Å². The van der Waals surface area contributed by atoms with Crippen molar-refractivity contribution in [2.75, 3.05) is 49.6 Å². The third kappa shape index (κ3) is 3.95. The molecule has 1 amide bonds. The van der Waals surface area contributed by atoms with Gasteiger partial charge in [0.25, 0.3) is 0 Å². The van der Waals surface area contributed by atoms with Crippen molar-refractivity contribution in [3.63, 3.8) is 0 Å². The Morgan fingerprint density at radius 3 is 2.51 bits per heavy atom. The standard InChI is InChI=1S/C28H29N5O2/c1-4-25(34)31-13-15-32(16-14-31)27-21-11-12-33(18-23(21)22(17-29)28(30-27)35-3)24-10-6-9-20-8-5-7-19(2)26(20)24/h4-10H,1,11-16,18H2,2-3H3. The minimum Gasteiger partial charge on any atom is -0.480 e. The van der Waals surface area contributed by atoms with Crippen molar-refractivity contribution in [2.24, 2.45) is 0 Å². The molecule has 0 aliphatic carbocycles. The van der Waals surface area contributed by atoms with Gasteiger partial charge in [-0.15, -0.1) is 0 Å². The maximum Gasteiger partial charge on any atom is 0.246 e. The average Bonchev–Trinajstić information content (AvgIpc) is 2.91. The number of carbonyl (C=O) groups excluding carboxylic acids is 1. The van der Waals surface area contributed by atoms with E-state index < -0.39 is 0 Å². The number of rotatable bonds is 4. The molecular formula is C28H29N5O2. The maximum atomic E-state index is 12.0. The van der Waals surface area contributed by atoms with E-state index in [0.717, 1.165) is 29.9 Å². The van der Waals surface area contributed by atoms with Crippen LogP contribution >= 0.6 is 0 Å². The molecule has 1 saturated heterocycles. The predicted octanol–water partition coefficient (Wildman–Crippen LogP) is 3.82. The summed E-state index contributed by atoms with van der Waals surface area (Å²) in [5, 5.41) is 12.5. The molecule has 0 saturated carbocycles. The van der Waals surface area contributed by atoms with Crippen LogP contribution in [-0.2, 0) is 17.8 Å². The van der Waals surface area contributed by atoms with Crippen LogP contribution in [0.4, 0.5) is 11.5 Å². The fourth-order valence-corrected chi connectivity index (χ4v) is 5.36. The summed E-state index contributed by atoms with van der Waals surface area (Å²) in [6.45, 7) is 9.79. The van der Waals surface area contributed by atoms with Crippen molar-refractivity contribution < 1.29 is 9.53 Å². The summed E-state index contributed by atoms with van der Waals surface area (Å²) in [5.41, 5.74) is 5.02. The van der Waals surface area contributed by atoms with Crippen LogP contribution in [0.2, 0.25) is 0 Å². The number of nitrogens with zero attached hydrogens (tertiary/aromatic N) is 5. The van der Waals surface area contributed by atoms with Crippen LogP contribution in [0.3, 0.4) is 0 Å². The fourth-order valence-electron chi connectivity index (χ4n) is 5.36. The van der Waals surface area contributed by atoms with Crippen molar-refractivity contribution >= 4 is 28.2 Å². The molecule has 2 aliphatic heterocycles. The molecule has 7 heteroatoms. The lowest BCUT2D eigenvalue weighted by molar-refractivity contribution is -0.126. The summed E-state index contributed by atoms with van der Waals surface area (Å²) < 4.78 is 5.58. The van der Waals surface area contributed by atoms with Gasteiger partial charge in [-0.25, -0.2) is 0 Å². The number of nitriles is 1. The lowest BCUT2D eigenvalue weighted by Crippen LogP contribution is -2.49. The Bertz CT molecular complexity index is 1350. The van der Waals surface area contributed by atoms with Gasteiger partial charge >= 0.3 is 0 Å². The Hall–Kier alpha value is -4.05. The normalized spacial score (nSPS) is 15.5. The molecule has 5 rings (SSSR count). The van der Waals surface area contributed by atoms with Gasteiger partial charge in [0.2, 0.25) is 11.8 Å². The number of aryl methyl sites for hydroxylation is 1. The van der Waals surface area contributed by atoms with Gasteiger partial charge in [0.05, 0.1) is 7.11 Å². The minimum absolute atomic E-state index is 0.0435. The van der Waals surface area contributed by atoms with Crippen LogP contribution in [0.1, 0.15) is 22.3 Å². The van der Waals surface area contributed by atoms with Crippen molar-refractivity contribution in [3.05, 3.63) is 71.3 Å². The molecule has 0 atom stereocenters. The number of carbonyl (C=O) groups is 1. The molecule has 1 aromatic heterocycles. The third-order valence-corrected chi connectivity index (χ3v) is 7.14. The summed E-state index contributed by atoms with van der Waals surface area (Å²) in [7, 11) is 1.56. The van der Waals surface area contributed by atoms with E-state index in [1.165, 1.54) is 28.1 Å². The average molecular weight is 468 g/mol. The molecule has 0 N–H and O–H groups in total. The first-order chi connectivity index (χ1) is 17.0. The van der Waals surface area contributed by atoms with Gasteiger partial charge in [0.1, 0.15) is 17.5 Å². The monoisotopic (exact) mass is 467 g/mol. The van der Waals surface area contributed by atoms with E-state index in [1.54, 1.807) is 12.0 Å². The number of anilines is 2. The molecule has 0 unspecified atom stereocenters. The highest BCUT2D eigenvalue weighted by atomic mass is 16.5. The molecule has 3 heterocycles. The predicted molar refractivity (Wildman–Crippen MR) is 138 cm³/mol. The Kier molecular flexibility index (Phi) is 6.04. The van der Waals surface area contributed by atoms with Gasteiger partial charge in [-0.2, -0.15) is 10.2 Å². The molecule has 3 aromatic rings. The third-order valence-electron chi connectivity index (χ3n) is 7.14. The van der Waals surface area contributed by atoms with Crippen molar-refractivity contribution in [3.8, 4) is 11.9 Å². The highest BCUT2D eigenvalue weighted by Crippen LogP contribution is 2.38. The van der Waals surface area contributed by atoms with Crippen molar-refractivity contribution in [1.29, 1.82) is 5.26 Å². The largest absolute Gasteiger partial charge is 0.480 e. The summed E-state index contributed by atoms with van der Waals surface area (Å²) in [4.78, 5) is 23.2. The van der Waals surface area contributed by atoms with E-state index in [-0.39, 0.29) is 5.91 Å². The fraction of sp³-hybridized carbons (Fsp3) is 0.321. The van der Waals surface area contributed by atoms with Crippen LogP contribution in [0.5, 0.6) is 5.88 Å². The van der Waals surface area contributed by atoms with Crippen LogP contribution in [-0.4, -0.2) is 55.6 Å². The van der Waals surface area contributed by atoms with Crippen LogP contribution in [0.15, 0.2) is 49.1 Å². The number of pyridine rings is 1. The lowest BCUT2D eigenvalue weighted by Gasteiger charge is -2.38. The topological polar surface area (TPSA) is 72.7 Å². The Balaban J connectivity index is 1.54. The molecule has 35 heavy (non-hydrogen) atoms. The number of hydrogen-bond donors (Lipinski definition) is 0. The van der Waals surface area contributed by atoms with Crippen molar-refractivity contribution in [2.45, 2.75) is 19.9 Å². The van der Waals surface area contributed by atoms with Gasteiger partial charge in [-0.1, -0.05) is 36.9 Å². The van der Waals surface area contributed by atoms with Gasteiger partial charge in [-0.05, 0) is 36.4 Å². The highest BCUT2D eigenvalue weighted by Gasteiger charge is 2.30. The number of hydrogen-bond acceptors (Lipinski definition) is 6. The van der Waals surface area contributed by atoms with E-state index in [1.807, 2.05) is 0 Å². The van der Waals surface area contributed by atoms with E-state index in [4.69, 9.17) is 9.72 Å². The summed E-state index contributed by atoms with van der Waals surface area (Å²) in [6.07, 6.45) is 2.15. The quantitative estimate of drug-likeness (QED) is 0.543. The highest BCUT2D eigenvalue weighted by molar-refractivity contribution is 5.97. The maximum absolute atomic E-state index is 12.0. The second kappa shape index (κ2) is 9.30. The number of aromatic nitrogens is 1. The zero-order chi connectivity index (χ0) is 24.5. The minimum atomic E-state index is -0.0435. The number of fused-ring (bicyclic) bond motifs is 2. The number of benzene rings is 2. The number of amides is 1. The number of piperazine rings is 1. The molecule has 2 aromatic carbocycles. The first kappa shape index (κ1) is 22.7. The van der Waals surface area contributed by atoms with E-state index in [9.17, 15) is 10.1 Å². The number of ether oxygens (including phenoxy) is 1.